The fourth-order valence-electron chi connectivity index (χ4n) is 3.68. The minimum absolute atomic E-state index is 0.0521. The van der Waals surface area contributed by atoms with Crippen LogP contribution in [0.4, 0.5) is 5.69 Å². The lowest BCUT2D eigenvalue weighted by Gasteiger charge is -2.19. The molecule has 0 unspecified atom stereocenters. The van der Waals surface area contributed by atoms with Crippen LogP contribution in [0.5, 0.6) is 11.5 Å². The zero-order valence-electron chi connectivity index (χ0n) is 14.3. The van der Waals surface area contributed by atoms with E-state index in [9.17, 15) is 4.79 Å². The summed E-state index contributed by atoms with van der Waals surface area (Å²) in [6.07, 6.45) is 7.06. The molecule has 134 valence electrons. The monoisotopic (exact) mass is 385 g/mol. The van der Waals surface area contributed by atoms with Crippen molar-refractivity contribution in [2.24, 2.45) is 0 Å². The summed E-state index contributed by atoms with van der Waals surface area (Å²) in [4.78, 5) is 16.3. The first kappa shape index (κ1) is 16.3. The van der Waals surface area contributed by atoms with Crippen LogP contribution in [0.2, 0.25) is 0 Å². The molecule has 0 bridgehead atoms. The Morgan fingerprint density at radius 3 is 2.81 bits per heavy atom. The Bertz CT molecular complexity index is 916. The quantitative estimate of drug-likeness (QED) is 0.819. The molecule has 5 rings (SSSR count). The number of hydrogen-bond donors (Lipinski definition) is 1. The smallest absolute Gasteiger partial charge is 0.262 e. The van der Waals surface area contributed by atoms with Gasteiger partial charge in [-0.25, -0.2) is 0 Å². The molecule has 6 heteroatoms. The van der Waals surface area contributed by atoms with Crippen molar-refractivity contribution in [3.05, 3.63) is 44.0 Å². The highest BCUT2D eigenvalue weighted by atomic mass is 32.2. The van der Waals surface area contributed by atoms with Gasteiger partial charge in [-0.05, 0) is 55.0 Å². The molecule has 0 atom stereocenters. The molecule has 3 aliphatic rings. The standard InChI is InChI=1S/C20H19NO3S2/c22-20(21-12-5-6-15-16(9-12)24-8-7-23-15)19-10-18-14(11-25-19)13-3-1-2-4-17(13)26-18/h5-6,9-10H,1-4,7-8,11H2,(H,21,22). The van der Waals surface area contributed by atoms with Gasteiger partial charge < -0.3 is 14.8 Å². The highest BCUT2D eigenvalue weighted by Gasteiger charge is 2.25. The largest absolute Gasteiger partial charge is 0.486 e. The normalized spacial score (nSPS) is 17.8. The maximum atomic E-state index is 12.7. The summed E-state index contributed by atoms with van der Waals surface area (Å²) >= 11 is 3.52. The molecular weight excluding hydrogens is 366 g/mol. The maximum absolute atomic E-state index is 12.7. The number of thioether (sulfide) groups is 1. The molecule has 3 heterocycles. The number of carbonyl (C=O) groups is 1. The Morgan fingerprint density at radius 1 is 1.04 bits per heavy atom. The second-order valence-electron chi connectivity index (χ2n) is 6.66. The lowest BCUT2D eigenvalue weighted by Crippen LogP contribution is -2.17. The highest BCUT2D eigenvalue weighted by Crippen LogP contribution is 2.43. The Labute approximate surface area is 160 Å². The van der Waals surface area contributed by atoms with Crippen molar-refractivity contribution in [3.8, 4) is 11.5 Å². The minimum atomic E-state index is -0.0521. The van der Waals surface area contributed by atoms with Crippen molar-refractivity contribution in [1.29, 1.82) is 0 Å². The van der Waals surface area contributed by atoms with Crippen molar-refractivity contribution < 1.29 is 14.3 Å². The average molecular weight is 386 g/mol. The number of fused-ring (bicyclic) bond motifs is 4. The Hall–Kier alpha value is -1.92. The van der Waals surface area contributed by atoms with Gasteiger partial charge in [0.15, 0.2) is 11.5 Å². The van der Waals surface area contributed by atoms with Gasteiger partial charge in [0.05, 0.1) is 4.91 Å². The minimum Gasteiger partial charge on any atom is -0.486 e. The number of rotatable bonds is 2. The van der Waals surface area contributed by atoms with Crippen LogP contribution in [0.1, 0.15) is 33.7 Å². The molecule has 0 radical (unpaired) electrons. The number of carbonyl (C=O) groups excluding carboxylic acids is 1. The van der Waals surface area contributed by atoms with Crippen LogP contribution in [0.25, 0.3) is 6.08 Å². The first-order valence-corrected chi connectivity index (χ1v) is 10.8. The Kier molecular flexibility index (Phi) is 4.17. The van der Waals surface area contributed by atoms with Crippen LogP contribution < -0.4 is 14.8 Å². The molecule has 1 N–H and O–H groups in total. The summed E-state index contributed by atoms with van der Waals surface area (Å²) in [5.74, 6) is 2.27. The summed E-state index contributed by atoms with van der Waals surface area (Å²) in [6.45, 7) is 1.10. The van der Waals surface area contributed by atoms with Gasteiger partial charge in [0.25, 0.3) is 5.91 Å². The first-order chi connectivity index (χ1) is 12.8. The fourth-order valence-corrected chi connectivity index (χ4v) is 6.22. The van der Waals surface area contributed by atoms with E-state index in [1.807, 2.05) is 29.5 Å². The molecule has 0 saturated heterocycles. The first-order valence-electron chi connectivity index (χ1n) is 8.97. The molecule has 2 aromatic rings. The molecule has 1 aliphatic carbocycles. The Balaban J connectivity index is 1.37. The van der Waals surface area contributed by atoms with Crippen LogP contribution in [0.3, 0.4) is 0 Å². The lowest BCUT2D eigenvalue weighted by atomic mass is 9.95. The second kappa shape index (κ2) is 6.67. The predicted molar refractivity (Wildman–Crippen MR) is 106 cm³/mol. The molecule has 1 aromatic heterocycles. The third-order valence-corrected chi connectivity index (χ3v) is 7.30. The zero-order valence-corrected chi connectivity index (χ0v) is 15.9. The summed E-state index contributed by atoms with van der Waals surface area (Å²) < 4.78 is 11.1. The summed E-state index contributed by atoms with van der Waals surface area (Å²) in [5, 5.41) is 3.00. The van der Waals surface area contributed by atoms with Crippen molar-refractivity contribution in [3.63, 3.8) is 0 Å². The van der Waals surface area contributed by atoms with E-state index in [0.29, 0.717) is 19.0 Å². The van der Waals surface area contributed by atoms with Gasteiger partial charge >= 0.3 is 0 Å². The molecule has 1 amide bonds. The van der Waals surface area contributed by atoms with Gasteiger partial charge in [-0.1, -0.05) is 0 Å². The van der Waals surface area contributed by atoms with E-state index in [1.54, 1.807) is 17.3 Å². The number of nitrogens with one attached hydrogen (secondary N) is 1. The molecule has 26 heavy (non-hydrogen) atoms. The van der Waals surface area contributed by atoms with Crippen molar-refractivity contribution in [2.45, 2.75) is 31.4 Å². The lowest BCUT2D eigenvalue weighted by molar-refractivity contribution is -0.112. The van der Waals surface area contributed by atoms with Gasteiger partial charge in [0.2, 0.25) is 0 Å². The van der Waals surface area contributed by atoms with Crippen LogP contribution >= 0.6 is 23.1 Å². The molecule has 0 fully saturated rings. The fraction of sp³-hybridized carbons (Fsp3) is 0.350. The molecule has 0 saturated carbocycles. The van der Waals surface area contributed by atoms with Gasteiger partial charge in [0.1, 0.15) is 13.2 Å². The molecule has 1 aromatic carbocycles. The van der Waals surface area contributed by atoms with E-state index in [4.69, 9.17) is 9.47 Å². The van der Waals surface area contributed by atoms with Crippen molar-refractivity contribution in [2.75, 3.05) is 18.5 Å². The average Bonchev–Trinajstić information content (AvgIpc) is 3.05. The SMILES string of the molecule is O=C(Nc1ccc2c(c1)OCCO2)C1=Cc2sc3c(c2CS1)CCCC3. The molecule has 0 spiro atoms. The van der Waals surface area contributed by atoms with Gasteiger partial charge in [0, 0.05) is 27.3 Å². The molecular formula is C20H19NO3S2. The summed E-state index contributed by atoms with van der Waals surface area (Å²) in [5.41, 5.74) is 3.76. The maximum Gasteiger partial charge on any atom is 0.262 e. The van der Waals surface area contributed by atoms with Gasteiger partial charge in [-0.2, -0.15) is 0 Å². The Morgan fingerprint density at radius 2 is 1.88 bits per heavy atom. The van der Waals surface area contributed by atoms with E-state index in [2.05, 4.69) is 11.4 Å². The van der Waals surface area contributed by atoms with E-state index < -0.39 is 0 Å². The third-order valence-electron chi connectivity index (χ3n) is 4.97. The number of aryl methyl sites for hydroxylation is 1. The predicted octanol–water partition coefficient (Wildman–Crippen LogP) is 4.62. The van der Waals surface area contributed by atoms with E-state index in [-0.39, 0.29) is 5.91 Å². The number of amides is 1. The van der Waals surface area contributed by atoms with Crippen molar-refractivity contribution in [1.82, 2.24) is 0 Å². The van der Waals surface area contributed by atoms with Crippen LogP contribution in [-0.4, -0.2) is 19.1 Å². The third kappa shape index (κ3) is 2.91. The van der Waals surface area contributed by atoms with Crippen molar-refractivity contribution >= 4 is 40.8 Å². The van der Waals surface area contributed by atoms with E-state index in [1.165, 1.54) is 41.0 Å². The van der Waals surface area contributed by atoms with Crippen LogP contribution in [0, 0.1) is 0 Å². The number of thiophene rings is 1. The summed E-state index contributed by atoms with van der Waals surface area (Å²) in [6, 6.07) is 5.53. The van der Waals surface area contributed by atoms with E-state index >= 15 is 0 Å². The van der Waals surface area contributed by atoms with E-state index in [0.717, 1.165) is 22.1 Å². The van der Waals surface area contributed by atoms with Crippen LogP contribution in [0.15, 0.2) is 23.1 Å². The summed E-state index contributed by atoms with van der Waals surface area (Å²) in [7, 11) is 0. The van der Waals surface area contributed by atoms with Gasteiger partial charge in [-0.15, -0.1) is 23.1 Å². The van der Waals surface area contributed by atoms with Gasteiger partial charge in [-0.3, -0.25) is 4.79 Å². The number of ether oxygens (including phenoxy) is 2. The number of benzene rings is 1. The number of hydrogen-bond acceptors (Lipinski definition) is 5. The molecule has 2 aliphatic heterocycles. The molecule has 4 nitrogen and oxygen atoms in total. The number of anilines is 1. The zero-order chi connectivity index (χ0) is 17.5. The highest BCUT2D eigenvalue weighted by molar-refractivity contribution is 8.03. The second-order valence-corrected chi connectivity index (χ2v) is 8.82. The van der Waals surface area contributed by atoms with Crippen LogP contribution in [-0.2, 0) is 23.4 Å². The topological polar surface area (TPSA) is 47.6 Å².